The molecule has 0 radical (unpaired) electrons. The molecule has 10 heavy (non-hydrogen) atoms. The second-order valence-corrected chi connectivity index (χ2v) is 2.19. The van der Waals surface area contributed by atoms with Crippen molar-refractivity contribution in [2.45, 2.75) is 13.0 Å². The van der Waals surface area contributed by atoms with Gasteiger partial charge in [0, 0.05) is 6.54 Å². The molecular formula is C7H11N3. The van der Waals surface area contributed by atoms with E-state index < -0.39 is 0 Å². The maximum Gasteiger partial charge on any atom is 0.192 e. The zero-order chi connectivity index (χ0) is 7.40. The smallest absolute Gasteiger partial charge is 0.192 e. The van der Waals surface area contributed by atoms with Crippen LogP contribution < -0.4 is 10.6 Å². The lowest BCUT2D eigenvalue weighted by molar-refractivity contribution is 0.804. The number of terminal acetylenes is 1. The van der Waals surface area contributed by atoms with Crippen molar-refractivity contribution < 1.29 is 0 Å². The Morgan fingerprint density at radius 3 is 3.20 bits per heavy atom. The predicted octanol–water partition coefficient (Wildman–Crippen LogP) is -0.443. The molecule has 0 bridgehead atoms. The molecule has 0 aliphatic carbocycles. The van der Waals surface area contributed by atoms with Gasteiger partial charge in [-0.3, -0.25) is 4.99 Å². The molecule has 3 heteroatoms. The average Bonchev–Trinajstić information content (AvgIpc) is 2.40. The first-order valence-electron chi connectivity index (χ1n) is 3.34. The summed E-state index contributed by atoms with van der Waals surface area (Å²) >= 11 is 0. The summed E-state index contributed by atoms with van der Waals surface area (Å²) in [6.07, 6.45) is 5.15. The quantitative estimate of drug-likeness (QED) is 0.480. The van der Waals surface area contributed by atoms with Crippen LogP contribution in [0, 0.1) is 12.3 Å². The van der Waals surface area contributed by atoms with Crippen molar-refractivity contribution in [3.63, 3.8) is 0 Å². The summed E-state index contributed by atoms with van der Waals surface area (Å²) in [7, 11) is 0. The third-order valence-corrected chi connectivity index (χ3v) is 1.28. The summed E-state index contributed by atoms with van der Waals surface area (Å²) in [6, 6.07) is 0.0596. The van der Waals surface area contributed by atoms with Gasteiger partial charge in [0.15, 0.2) is 5.96 Å². The van der Waals surface area contributed by atoms with Gasteiger partial charge in [-0.25, -0.2) is 0 Å². The van der Waals surface area contributed by atoms with Crippen LogP contribution in [0.15, 0.2) is 4.99 Å². The third kappa shape index (κ3) is 1.66. The number of guanidine groups is 1. The van der Waals surface area contributed by atoms with Crippen LogP contribution in [0.25, 0.3) is 0 Å². The standard InChI is InChI=1S/C7H11N3/c1-3-6(2)10-7-8-4-5-9-7/h1,6H,4-5H2,2H3,(H2,8,9,10). The lowest BCUT2D eigenvalue weighted by Gasteiger charge is -2.07. The molecular weight excluding hydrogens is 126 g/mol. The van der Waals surface area contributed by atoms with E-state index in [1.807, 2.05) is 6.92 Å². The molecule has 1 aliphatic heterocycles. The van der Waals surface area contributed by atoms with Gasteiger partial charge in [-0.2, -0.15) is 0 Å². The lowest BCUT2D eigenvalue weighted by atomic mass is 10.4. The van der Waals surface area contributed by atoms with E-state index in [4.69, 9.17) is 6.42 Å². The van der Waals surface area contributed by atoms with E-state index in [-0.39, 0.29) is 6.04 Å². The van der Waals surface area contributed by atoms with Crippen LogP contribution in [0.4, 0.5) is 0 Å². The SMILES string of the molecule is C#CC(C)NC1=NCCN1. The van der Waals surface area contributed by atoms with Crippen LogP contribution in [0.1, 0.15) is 6.92 Å². The van der Waals surface area contributed by atoms with E-state index in [1.54, 1.807) is 0 Å². The van der Waals surface area contributed by atoms with E-state index in [2.05, 4.69) is 21.5 Å². The maximum absolute atomic E-state index is 5.15. The molecule has 0 saturated heterocycles. The minimum Gasteiger partial charge on any atom is -0.355 e. The molecule has 1 aliphatic rings. The van der Waals surface area contributed by atoms with Gasteiger partial charge in [0.1, 0.15) is 0 Å². The zero-order valence-corrected chi connectivity index (χ0v) is 6.02. The van der Waals surface area contributed by atoms with E-state index in [0.29, 0.717) is 0 Å². The van der Waals surface area contributed by atoms with Crippen molar-refractivity contribution in [1.29, 1.82) is 0 Å². The highest BCUT2D eigenvalue weighted by molar-refractivity contribution is 5.81. The summed E-state index contributed by atoms with van der Waals surface area (Å²) in [5.41, 5.74) is 0. The van der Waals surface area contributed by atoms with Crippen molar-refractivity contribution in [3.05, 3.63) is 0 Å². The second-order valence-electron chi connectivity index (χ2n) is 2.19. The summed E-state index contributed by atoms with van der Waals surface area (Å²) in [5, 5.41) is 6.10. The Morgan fingerprint density at radius 2 is 2.70 bits per heavy atom. The average molecular weight is 137 g/mol. The van der Waals surface area contributed by atoms with Crippen molar-refractivity contribution in [3.8, 4) is 12.3 Å². The minimum atomic E-state index is 0.0596. The number of nitrogens with one attached hydrogen (secondary N) is 2. The van der Waals surface area contributed by atoms with Gasteiger partial charge < -0.3 is 10.6 Å². The van der Waals surface area contributed by atoms with Crippen molar-refractivity contribution >= 4 is 5.96 Å². The fourth-order valence-corrected chi connectivity index (χ4v) is 0.741. The van der Waals surface area contributed by atoms with Crippen LogP contribution in [0.5, 0.6) is 0 Å². The summed E-state index contributed by atoms with van der Waals surface area (Å²) in [5.74, 6) is 3.38. The molecule has 0 aromatic rings. The monoisotopic (exact) mass is 137 g/mol. The normalized spacial score (nSPS) is 18.6. The highest BCUT2D eigenvalue weighted by Crippen LogP contribution is 1.83. The van der Waals surface area contributed by atoms with Crippen molar-refractivity contribution in [2.75, 3.05) is 13.1 Å². The number of hydrogen-bond acceptors (Lipinski definition) is 3. The maximum atomic E-state index is 5.15. The molecule has 0 saturated carbocycles. The van der Waals surface area contributed by atoms with Gasteiger partial charge in [0.25, 0.3) is 0 Å². The Labute approximate surface area is 60.9 Å². The highest BCUT2D eigenvalue weighted by Gasteiger charge is 2.05. The molecule has 0 amide bonds. The first-order chi connectivity index (χ1) is 4.83. The molecule has 0 aromatic carbocycles. The van der Waals surface area contributed by atoms with Gasteiger partial charge in [-0.15, -0.1) is 6.42 Å². The van der Waals surface area contributed by atoms with E-state index in [0.717, 1.165) is 19.0 Å². The van der Waals surface area contributed by atoms with Crippen LogP contribution in [-0.2, 0) is 0 Å². The highest BCUT2D eigenvalue weighted by atomic mass is 15.2. The molecule has 0 fully saturated rings. The summed E-state index contributed by atoms with van der Waals surface area (Å²) < 4.78 is 0. The van der Waals surface area contributed by atoms with Gasteiger partial charge in [-0.05, 0) is 6.92 Å². The van der Waals surface area contributed by atoms with Gasteiger partial charge in [-0.1, -0.05) is 5.92 Å². The Bertz CT molecular complexity index is 178. The first-order valence-corrected chi connectivity index (χ1v) is 3.34. The molecule has 1 atom stereocenters. The molecule has 0 aromatic heterocycles. The van der Waals surface area contributed by atoms with Crippen LogP contribution in [0.3, 0.4) is 0 Å². The van der Waals surface area contributed by atoms with Gasteiger partial charge >= 0.3 is 0 Å². The Balaban J connectivity index is 2.32. The molecule has 0 spiro atoms. The second kappa shape index (κ2) is 3.11. The number of aliphatic imine (C=N–C) groups is 1. The topological polar surface area (TPSA) is 36.4 Å². The molecule has 3 nitrogen and oxygen atoms in total. The molecule has 1 unspecified atom stereocenters. The first kappa shape index (κ1) is 6.94. The molecule has 1 heterocycles. The van der Waals surface area contributed by atoms with Gasteiger partial charge in [0.2, 0.25) is 0 Å². The van der Waals surface area contributed by atoms with Crippen molar-refractivity contribution in [1.82, 2.24) is 10.6 Å². The largest absolute Gasteiger partial charge is 0.355 e. The Hall–Kier alpha value is -1.17. The number of rotatable bonds is 1. The van der Waals surface area contributed by atoms with E-state index >= 15 is 0 Å². The Morgan fingerprint density at radius 1 is 1.90 bits per heavy atom. The number of nitrogens with zero attached hydrogens (tertiary/aromatic N) is 1. The van der Waals surface area contributed by atoms with Crippen LogP contribution in [-0.4, -0.2) is 25.1 Å². The van der Waals surface area contributed by atoms with Gasteiger partial charge in [0.05, 0.1) is 12.6 Å². The summed E-state index contributed by atoms with van der Waals surface area (Å²) in [4.78, 5) is 4.12. The fourth-order valence-electron chi connectivity index (χ4n) is 0.741. The zero-order valence-electron chi connectivity index (χ0n) is 6.02. The van der Waals surface area contributed by atoms with Crippen LogP contribution >= 0.6 is 0 Å². The Kier molecular flexibility index (Phi) is 2.16. The van der Waals surface area contributed by atoms with Crippen molar-refractivity contribution in [2.24, 2.45) is 4.99 Å². The number of hydrogen-bond donors (Lipinski definition) is 2. The minimum absolute atomic E-state index is 0.0596. The molecule has 2 N–H and O–H groups in total. The molecule has 54 valence electrons. The third-order valence-electron chi connectivity index (χ3n) is 1.28. The lowest BCUT2D eigenvalue weighted by Crippen LogP contribution is -2.38. The van der Waals surface area contributed by atoms with E-state index in [1.165, 1.54) is 0 Å². The summed E-state index contributed by atoms with van der Waals surface area (Å²) in [6.45, 7) is 3.68. The van der Waals surface area contributed by atoms with E-state index in [9.17, 15) is 0 Å². The predicted molar refractivity (Wildman–Crippen MR) is 41.7 cm³/mol. The fraction of sp³-hybridized carbons (Fsp3) is 0.571. The molecule has 1 rings (SSSR count). The van der Waals surface area contributed by atoms with Crippen LogP contribution in [0.2, 0.25) is 0 Å².